The lowest BCUT2D eigenvalue weighted by Gasteiger charge is -2.33. The monoisotopic (exact) mass is 325 g/mol. The van der Waals surface area contributed by atoms with E-state index in [0.29, 0.717) is 6.42 Å². The maximum absolute atomic E-state index is 13.2. The van der Waals surface area contributed by atoms with Crippen LogP contribution in [0, 0.1) is 11.7 Å². The van der Waals surface area contributed by atoms with E-state index in [1.807, 2.05) is 0 Å². The van der Waals surface area contributed by atoms with Crippen molar-refractivity contribution < 1.29 is 19.1 Å². The highest BCUT2D eigenvalue weighted by molar-refractivity contribution is 6.33. The number of likely N-dealkylation sites (tertiary alicyclic amines) is 1. The highest BCUT2D eigenvalue weighted by atomic mass is 35.5. The van der Waals surface area contributed by atoms with Crippen molar-refractivity contribution >= 4 is 23.5 Å². The molecule has 1 aliphatic carbocycles. The minimum atomic E-state index is -0.985. The molecule has 3 atom stereocenters. The van der Waals surface area contributed by atoms with E-state index in [1.165, 1.54) is 17.0 Å². The van der Waals surface area contributed by atoms with E-state index in [2.05, 4.69) is 0 Å². The Hall–Kier alpha value is -1.62. The second-order valence-electron chi connectivity index (χ2n) is 6.04. The number of carboxylic acids is 1. The molecule has 2 aliphatic rings. The Morgan fingerprint density at radius 3 is 2.68 bits per heavy atom. The van der Waals surface area contributed by atoms with Crippen LogP contribution in [0.4, 0.5) is 4.39 Å². The van der Waals surface area contributed by atoms with E-state index >= 15 is 0 Å². The van der Waals surface area contributed by atoms with Crippen LogP contribution < -0.4 is 0 Å². The van der Waals surface area contributed by atoms with Gasteiger partial charge in [-0.3, -0.25) is 4.79 Å². The van der Waals surface area contributed by atoms with Crippen LogP contribution in [0.5, 0.6) is 0 Å². The fraction of sp³-hybridized carbons (Fsp3) is 0.500. The average Bonchev–Trinajstić information content (AvgIpc) is 2.86. The van der Waals surface area contributed by atoms with E-state index in [1.54, 1.807) is 0 Å². The fourth-order valence-corrected chi connectivity index (χ4v) is 4.02. The molecular weight excluding hydrogens is 309 g/mol. The molecule has 0 bridgehead atoms. The first-order valence-electron chi connectivity index (χ1n) is 7.49. The van der Waals surface area contributed by atoms with Gasteiger partial charge in [-0.1, -0.05) is 24.4 Å². The molecule has 1 N–H and O–H groups in total. The van der Waals surface area contributed by atoms with Gasteiger partial charge >= 0.3 is 5.97 Å². The van der Waals surface area contributed by atoms with Crippen molar-refractivity contribution in [3.63, 3.8) is 0 Å². The largest absolute Gasteiger partial charge is 0.480 e. The van der Waals surface area contributed by atoms with Gasteiger partial charge in [-0.25, -0.2) is 9.18 Å². The highest BCUT2D eigenvalue weighted by Gasteiger charge is 2.47. The van der Waals surface area contributed by atoms with Crippen LogP contribution in [-0.2, 0) is 4.79 Å². The number of carboxylic acid groups (broad SMARTS) is 1. The lowest BCUT2D eigenvalue weighted by atomic mass is 9.84. The molecule has 0 aromatic heterocycles. The van der Waals surface area contributed by atoms with Gasteiger partial charge in [0.25, 0.3) is 5.91 Å². The molecule has 1 heterocycles. The molecule has 3 rings (SSSR count). The predicted molar refractivity (Wildman–Crippen MR) is 79.4 cm³/mol. The van der Waals surface area contributed by atoms with Gasteiger partial charge in [0.15, 0.2) is 0 Å². The zero-order valence-corrected chi connectivity index (χ0v) is 12.7. The maximum atomic E-state index is 13.2. The SMILES string of the molecule is O=C(O)C1CC2CCCCC2N1C(=O)c1ccc(F)cc1Cl. The van der Waals surface area contributed by atoms with E-state index in [-0.39, 0.29) is 22.5 Å². The van der Waals surface area contributed by atoms with Gasteiger partial charge in [0.2, 0.25) is 0 Å². The molecule has 118 valence electrons. The summed E-state index contributed by atoms with van der Waals surface area (Å²) >= 11 is 5.97. The number of fused-ring (bicyclic) bond motifs is 1. The summed E-state index contributed by atoms with van der Waals surface area (Å²) < 4.78 is 13.2. The second-order valence-corrected chi connectivity index (χ2v) is 6.45. The van der Waals surface area contributed by atoms with Gasteiger partial charge in [-0.05, 0) is 43.4 Å². The Balaban J connectivity index is 1.95. The zero-order chi connectivity index (χ0) is 15.9. The first kappa shape index (κ1) is 15.3. The van der Waals surface area contributed by atoms with Gasteiger partial charge in [-0.15, -0.1) is 0 Å². The smallest absolute Gasteiger partial charge is 0.326 e. The molecular formula is C16H17ClFNO3. The molecule has 3 unspecified atom stereocenters. The minimum absolute atomic E-state index is 0.0217. The van der Waals surface area contributed by atoms with Crippen LogP contribution in [0.2, 0.25) is 5.02 Å². The summed E-state index contributed by atoms with van der Waals surface area (Å²) in [7, 11) is 0. The highest BCUT2D eigenvalue weighted by Crippen LogP contribution is 2.41. The van der Waals surface area contributed by atoms with Crippen LogP contribution in [0.3, 0.4) is 0 Å². The number of hydrogen-bond acceptors (Lipinski definition) is 2. The zero-order valence-electron chi connectivity index (χ0n) is 12.0. The normalized spacial score (nSPS) is 27.5. The number of rotatable bonds is 2. The van der Waals surface area contributed by atoms with Crippen molar-refractivity contribution in [3.8, 4) is 0 Å². The lowest BCUT2D eigenvalue weighted by molar-refractivity contribution is -0.141. The molecule has 1 aromatic carbocycles. The van der Waals surface area contributed by atoms with Crippen LogP contribution in [0.25, 0.3) is 0 Å². The van der Waals surface area contributed by atoms with E-state index in [0.717, 1.165) is 31.7 Å². The molecule has 22 heavy (non-hydrogen) atoms. The molecule has 4 nitrogen and oxygen atoms in total. The molecule has 1 saturated carbocycles. The third-order valence-electron chi connectivity index (χ3n) is 4.77. The molecule has 1 amide bonds. The van der Waals surface area contributed by atoms with Crippen molar-refractivity contribution in [1.82, 2.24) is 4.90 Å². The van der Waals surface area contributed by atoms with Crippen LogP contribution >= 0.6 is 11.6 Å². The molecule has 1 aliphatic heterocycles. The van der Waals surface area contributed by atoms with Crippen molar-refractivity contribution in [2.45, 2.75) is 44.2 Å². The molecule has 6 heteroatoms. The summed E-state index contributed by atoms with van der Waals surface area (Å²) in [5.41, 5.74) is 0.167. The summed E-state index contributed by atoms with van der Waals surface area (Å²) in [5.74, 6) is -1.68. The molecule has 2 fully saturated rings. The Bertz CT molecular complexity index is 621. The quantitative estimate of drug-likeness (QED) is 0.907. The number of halogens is 2. The number of nitrogens with zero attached hydrogens (tertiary/aromatic N) is 1. The maximum Gasteiger partial charge on any atom is 0.326 e. The summed E-state index contributed by atoms with van der Waals surface area (Å²) in [6.45, 7) is 0. The van der Waals surface area contributed by atoms with Gasteiger partial charge in [0.1, 0.15) is 11.9 Å². The fourth-order valence-electron chi connectivity index (χ4n) is 3.77. The van der Waals surface area contributed by atoms with E-state index in [4.69, 9.17) is 11.6 Å². The van der Waals surface area contributed by atoms with Gasteiger partial charge < -0.3 is 10.0 Å². The number of hydrogen-bond donors (Lipinski definition) is 1. The van der Waals surface area contributed by atoms with Crippen LogP contribution in [0.1, 0.15) is 42.5 Å². The van der Waals surface area contributed by atoms with Gasteiger partial charge in [0, 0.05) is 6.04 Å². The molecule has 1 aromatic rings. The molecule has 1 saturated heterocycles. The first-order valence-corrected chi connectivity index (χ1v) is 7.87. The Kier molecular flexibility index (Phi) is 4.08. The first-order chi connectivity index (χ1) is 10.5. The number of aliphatic carboxylic acids is 1. The van der Waals surface area contributed by atoms with Gasteiger partial charge in [0.05, 0.1) is 10.6 Å². The number of benzene rings is 1. The van der Waals surface area contributed by atoms with Crippen molar-refractivity contribution in [3.05, 3.63) is 34.6 Å². The van der Waals surface area contributed by atoms with Crippen molar-refractivity contribution in [1.29, 1.82) is 0 Å². The van der Waals surface area contributed by atoms with Crippen molar-refractivity contribution in [2.24, 2.45) is 5.92 Å². The van der Waals surface area contributed by atoms with Crippen LogP contribution in [-0.4, -0.2) is 34.0 Å². The molecule has 0 radical (unpaired) electrons. The standard InChI is InChI=1S/C16H17ClFNO3/c17-12-8-10(18)5-6-11(12)15(20)19-13-4-2-1-3-9(13)7-14(19)16(21)22/h5-6,8-9,13-14H,1-4,7H2,(H,21,22). The Morgan fingerprint density at radius 1 is 1.27 bits per heavy atom. The lowest BCUT2D eigenvalue weighted by Crippen LogP contribution is -2.46. The van der Waals surface area contributed by atoms with Crippen LogP contribution in [0.15, 0.2) is 18.2 Å². The van der Waals surface area contributed by atoms with Gasteiger partial charge in [-0.2, -0.15) is 0 Å². The summed E-state index contributed by atoms with van der Waals surface area (Å²) in [6.07, 6.45) is 4.33. The minimum Gasteiger partial charge on any atom is -0.480 e. The number of carbonyl (C=O) groups excluding carboxylic acids is 1. The summed E-state index contributed by atoms with van der Waals surface area (Å²) in [4.78, 5) is 25.8. The van der Waals surface area contributed by atoms with Crippen molar-refractivity contribution in [2.75, 3.05) is 0 Å². The summed E-state index contributed by atoms with van der Waals surface area (Å²) in [5, 5.41) is 9.47. The topological polar surface area (TPSA) is 57.6 Å². The molecule has 0 spiro atoms. The Morgan fingerprint density at radius 2 is 2.00 bits per heavy atom. The number of amides is 1. The van der Waals surface area contributed by atoms with E-state index < -0.39 is 23.7 Å². The third-order valence-corrected chi connectivity index (χ3v) is 5.08. The predicted octanol–water partition coefficient (Wildman–Crippen LogP) is 3.34. The third kappa shape index (κ3) is 2.58. The Labute approximate surface area is 132 Å². The average molecular weight is 326 g/mol. The second kappa shape index (κ2) is 5.88. The number of carbonyl (C=O) groups is 2. The summed E-state index contributed by atoms with van der Waals surface area (Å²) in [6, 6.07) is 2.71. The van der Waals surface area contributed by atoms with E-state index in [9.17, 15) is 19.1 Å².